The van der Waals surface area contributed by atoms with E-state index in [-0.39, 0.29) is 12.1 Å². The third kappa shape index (κ3) is 5.91. The Bertz CT molecular complexity index is 391. The predicted octanol–water partition coefficient (Wildman–Crippen LogP) is 3.12. The highest BCUT2D eigenvalue weighted by Crippen LogP contribution is 2.26. The standard InChI is InChI=1S/C13H19Cl2NO2/c1-13(2,3)16-7-9(17)8-18-10-4-5-11(14)12(15)6-10/h4-6,9,16-17H,7-8H2,1-3H3. The molecule has 0 amide bonds. The molecule has 2 N–H and O–H groups in total. The molecule has 0 aliphatic heterocycles. The van der Waals surface area contributed by atoms with Gasteiger partial charge in [0.2, 0.25) is 0 Å². The van der Waals surface area contributed by atoms with E-state index in [1.165, 1.54) is 0 Å². The molecule has 0 spiro atoms. The fraction of sp³-hybridized carbons (Fsp3) is 0.538. The number of halogens is 2. The first-order valence-electron chi connectivity index (χ1n) is 5.79. The van der Waals surface area contributed by atoms with Crippen LogP contribution in [-0.4, -0.2) is 29.9 Å². The summed E-state index contributed by atoms with van der Waals surface area (Å²) in [7, 11) is 0. The molecular weight excluding hydrogens is 273 g/mol. The molecule has 0 aliphatic carbocycles. The van der Waals surface area contributed by atoms with Gasteiger partial charge in [-0.25, -0.2) is 0 Å². The zero-order valence-corrected chi connectivity index (χ0v) is 12.3. The minimum Gasteiger partial charge on any atom is -0.491 e. The lowest BCUT2D eigenvalue weighted by Gasteiger charge is -2.23. The van der Waals surface area contributed by atoms with Gasteiger partial charge in [0, 0.05) is 18.2 Å². The quantitative estimate of drug-likeness (QED) is 0.876. The third-order valence-corrected chi connectivity index (χ3v) is 2.94. The molecule has 5 heteroatoms. The van der Waals surface area contributed by atoms with Gasteiger partial charge in [-0.2, -0.15) is 0 Å². The van der Waals surface area contributed by atoms with Crippen LogP contribution in [-0.2, 0) is 0 Å². The van der Waals surface area contributed by atoms with Crippen molar-refractivity contribution in [3.63, 3.8) is 0 Å². The van der Waals surface area contributed by atoms with Crippen molar-refractivity contribution in [3.05, 3.63) is 28.2 Å². The van der Waals surface area contributed by atoms with E-state index in [0.29, 0.717) is 22.3 Å². The summed E-state index contributed by atoms with van der Waals surface area (Å²) in [6.07, 6.45) is -0.571. The van der Waals surface area contributed by atoms with Gasteiger partial charge >= 0.3 is 0 Å². The summed E-state index contributed by atoms with van der Waals surface area (Å²) in [5, 5.41) is 13.9. The number of aliphatic hydroxyl groups excluding tert-OH is 1. The van der Waals surface area contributed by atoms with Crippen LogP contribution in [0.4, 0.5) is 0 Å². The molecule has 0 aliphatic rings. The van der Waals surface area contributed by atoms with Gasteiger partial charge in [-0.3, -0.25) is 0 Å². The highest BCUT2D eigenvalue weighted by molar-refractivity contribution is 6.42. The molecule has 0 bridgehead atoms. The van der Waals surface area contributed by atoms with E-state index >= 15 is 0 Å². The first-order valence-corrected chi connectivity index (χ1v) is 6.54. The van der Waals surface area contributed by atoms with Crippen molar-refractivity contribution < 1.29 is 9.84 Å². The lowest BCUT2D eigenvalue weighted by atomic mass is 10.1. The van der Waals surface area contributed by atoms with E-state index in [9.17, 15) is 5.11 Å². The zero-order valence-electron chi connectivity index (χ0n) is 10.8. The predicted molar refractivity (Wildman–Crippen MR) is 75.7 cm³/mol. The van der Waals surface area contributed by atoms with Crippen molar-refractivity contribution in [2.24, 2.45) is 0 Å². The van der Waals surface area contributed by atoms with Crippen LogP contribution in [0.5, 0.6) is 5.75 Å². The van der Waals surface area contributed by atoms with Crippen molar-refractivity contribution in [1.29, 1.82) is 0 Å². The molecule has 3 nitrogen and oxygen atoms in total. The van der Waals surface area contributed by atoms with Crippen LogP contribution in [0.25, 0.3) is 0 Å². The Kier molecular flexibility index (Phi) is 5.73. The summed E-state index contributed by atoms with van der Waals surface area (Å²) in [6.45, 7) is 6.81. The van der Waals surface area contributed by atoms with Crippen molar-refractivity contribution in [1.82, 2.24) is 5.32 Å². The number of aliphatic hydroxyl groups is 1. The highest BCUT2D eigenvalue weighted by Gasteiger charge is 2.12. The summed E-state index contributed by atoms with van der Waals surface area (Å²) >= 11 is 11.7. The average Bonchev–Trinajstić information content (AvgIpc) is 2.27. The Balaban J connectivity index is 2.38. The molecule has 1 aromatic carbocycles. The minimum absolute atomic E-state index is 0.0233. The molecule has 1 aromatic rings. The van der Waals surface area contributed by atoms with Crippen LogP contribution in [0.2, 0.25) is 10.0 Å². The van der Waals surface area contributed by atoms with E-state index in [0.717, 1.165) is 0 Å². The second kappa shape index (κ2) is 6.62. The van der Waals surface area contributed by atoms with Gasteiger partial charge in [0.05, 0.1) is 10.0 Å². The third-order valence-electron chi connectivity index (χ3n) is 2.20. The monoisotopic (exact) mass is 291 g/mol. The van der Waals surface area contributed by atoms with E-state index in [1.54, 1.807) is 18.2 Å². The smallest absolute Gasteiger partial charge is 0.121 e. The molecule has 18 heavy (non-hydrogen) atoms. The minimum atomic E-state index is -0.571. The molecule has 1 unspecified atom stereocenters. The van der Waals surface area contributed by atoms with Crippen LogP contribution < -0.4 is 10.1 Å². The summed E-state index contributed by atoms with van der Waals surface area (Å²) in [4.78, 5) is 0. The molecule has 1 rings (SSSR count). The molecule has 1 atom stereocenters. The molecule has 0 heterocycles. The molecule has 0 aromatic heterocycles. The molecule has 0 saturated heterocycles. The van der Waals surface area contributed by atoms with E-state index in [1.807, 2.05) is 20.8 Å². The van der Waals surface area contributed by atoms with E-state index in [2.05, 4.69) is 5.32 Å². The molecular formula is C13H19Cl2NO2. The van der Waals surface area contributed by atoms with Gasteiger partial charge < -0.3 is 15.2 Å². The topological polar surface area (TPSA) is 41.5 Å². The van der Waals surface area contributed by atoms with E-state index < -0.39 is 6.10 Å². The van der Waals surface area contributed by atoms with Crippen LogP contribution in [0, 0.1) is 0 Å². The molecule has 0 saturated carbocycles. The second-order valence-electron chi connectivity index (χ2n) is 5.17. The SMILES string of the molecule is CC(C)(C)NCC(O)COc1ccc(Cl)c(Cl)c1. The maximum Gasteiger partial charge on any atom is 0.121 e. The van der Waals surface area contributed by atoms with Gasteiger partial charge in [-0.05, 0) is 32.9 Å². The van der Waals surface area contributed by atoms with Crippen molar-refractivity contribution in [2.75, 3.05) is 13.2 Å². The largest absolute Gasteiger partial charge is 0.491 e. The summed E-state index contributed by atoms with van der Waals surface area (Å²) < 4.78 is 5.44. The highest BCUT2D eigenvalue weighted by atomic mass is 35.5. The Morgan fingerprint density at radius 3 is 2.50 bits per heavy atom. The second-order valence-corrected chi connectivity index (χ2v) is 5.99. The Hall–Kier alpha value is -0.480. The van der Waals surface area contributed by atoms with Crippen molar-refractivity contribution >= 4 is 23.2 Å². The molecule has 102 valence electrons. The Morgan fingerprint density at radius 2 is 1.94 bits per heavy atom. The fourth-order valence-electron chi connectivity index (χ4n) is 1.24. The van der Waals surface area contributed by atoms with Crippen LogP contribution in [0.3, 0.4) is 0 Å². The first-order chi connectivity index (χ1) is 8.28. The molecule has 0 fully saturated rings. The fourth-order valence-corrected chi connectivity index (χ4v) is 1.53. The van der Waals surface area contributed by atoms with Gasteiger partial charge in [-0.1, -0.05) is 23.2 Å². The average molecular weight is 292 g/mol. The zero-order chi connectivity index (χ0) is 13.8. The number of benzene rings is 1. The van der Waals surface area contributed by atoms with Gasteiger partial charge in [-0.15, -0.1) is 0 Å². The lowest BCUT2D eigenvalue weighted by molar-refractivity contribution is 0.100. The number of β-amino-alcohol motifs (C(OH)–C–C–N with tert-alkyl or cyclic N) is 1. The van der Waals surface area contributed by atoms with Crippen molar-refractivity contribution in [2.45, 2.75) is 32.4 Å². The summed E-state index contributed by atoms with van der Waals surface area (Å²) in [6, 6.07) is 5.02. The number of nitrogens with one attached hydrogen (secondary N) is 1. The van der Waals surface area contributed by atoms with Gasteiger partial charge in [0.15, 0.2) is 0 Å². The Morgan fingerprint density at radius 1 is 1.28 bits per heavy atom. The normalized spacial score (nSPS) is 13.4. The van der Waals surface area contributed by atoms with Crippen LogP contribution in [0.15, 0.2) is 18.2 Å². The number of rotatable bonds is 5. The summed E-state index contributed by atoms with van der Waals surface area (Å²) in [5.41, 5.74) is -0.0233. The first kappa shape index (κ1) is 15.6. The maximum absolute atomic E-state index is 9.75. The Labute approximate surface area is 118 Å². The van der Waals surface area contributed by atoms with E-state index in [4.69, 9.17) is 27.9 Å². The van der Waals surface area contributed by atoms with Crippen LogP contribution >= 0.6 is 23.2 Å². The number of hydrogen-bond donors (Lipinski definition) is 2. The lowest BCUT2D eigenvalue weighted by Crippen LogP contribution is -2.42. The van der Waals surface area contributed by atoms with Gasteiger partial charge in [0.25, 0.3) is 0 Å². The number of hydrogen-bond acceptors (Lipinski definition) is 3. The summed E-state index contributed by atoms with van der Waals surface area (Å²) in [5.74, 6) is 0.596. The maximum atomic E-state index is 9.75. The van der Waals surface area contributed by atoms with Crippen LogP contribution in [0.1, 0.15) is 20.8 Å². The number of ether oxygens (including phenoxy) is 1. The van der Waals surface area contributed by atoms with Gasteiger partial charge in [0.1, 0.15) is 18.5 Å². The van der Waals surface area contributed by atoms with Crippen molar-refractivity contribution in [3.8, 4) is 5.75 Å². The molecule has 0 radical (unpaired) electrons.